The fourth-order valence-electron chi connectivity index (χ4n) is 2.63. The largest absolute Gasteiger partial charge is 0.493 e. The van der Waals surface area contributed by atoms with Gasteiger partial charge >= 0.3 is 0 Å². The van der Waals surface area contributed by atoms with Crippen LogP contribution in [0.5, 0.6) is 23.0 Å². The normalized spacial score (nSPS) is 11.7. The molecule has 0 aliphatic heterocycles. The lowest BCUT2D eigenvalue weighted by atomic mass is 10.2. The van der Waals surface area contributed by atoms with Gasteiger partial charge in [-0.3, -0.25) is 9.59 Å². The van der Waals surface area contributed by atoms with Crippen LogP contribution in [0.2, 0.25) is 10.0 Å². The van der Waals surface area contributed by atoms with Gasteiger partial charge in [-0.15, -0.1) is 0 Å². The Bertz CT molecular complexity index is 1010. The zero-order chi connectivity index (χ0) is 23.1. The van der Waals surface area contributed by atoms with Crippen molar-refractivity contribution in [3.05, 3.63) is 34.3 Å². The summed E-state index contributed by atoms with van der Waals surface area (Å²) in [5.74, 6) is -0.0572. The molecule has 0 saturated heterocycles. The highest BCUT2D eigenvalue weighted by atomic mass is 35.5. The van der Waals surface area contributed by atoms with E-state index in [9.17, 15) is 9.59 Å². The first-order valence-corrected chi connectivity index (χ1v) is 9.56. The van der Waals surface area contributed by atoms with E-state index >= 15 is 0 Å². The molecule has 0 heterocycles. The van der Waals surface area contributed by atoms with Crippen LogP contribution in [0.15, 0.2) is 34.5 Å². The number of Topliss-reactive ketones (excluding diaryl/α,β-unsaturated/α-hetero) is 1. The summed E-state index contributed by atoms with van der Waals surface area (Å²) in [6.45, 7) is 1.22. The average Bonchev–Trinajstić information content (AvgIpc) is 2.72. The van der Waals surface area contributed by atoms with Gasteiger partial charge in [0.25, 0.3) is 5.91 Å². The van der Waals surface area contributed by atoms with Crippen LogP contribution >= 0.6 is 23.2 Å². The molecule has 2 rings (SSSR count). The van der Waals surface area contributed by atoms with Crippen molar-refractivity contribution in [2.75, 3.05) is 33.8 Å². The van der Waals surface area contributed by atoms with Crippen LogP contribution in [0.25, 0.3) is 0 Å². The Labute approximate surface area is 189 Å². The van der Waals surface area contributed by atoms with E-state index in [1.807, 2.05) is 0 Å². The van der Waals surface area contributed by atoms with Gasteiger partial charge in [0.1, 0.15) is 0 Å². The van der Waals surface area contributed by atoms with Crippen molar-refractivity contribution < 1.29 is 28.5 Å². The molecule has 0 spiro atoms. The van der Waals surface area contributed by atoms with Crippen molar-refractivity contribution in [3.63, 3.8) is 0 Å². The quantitative estimate of drug-likeness (QED) is 0.420. The molecule has 0 fully saturated rings. The van der Waals surface area contributed by atoms with Gasteiger partial charge < -0.3 is 24.3 Å². The van der Waals surface area contributed by atoms with E-state index in [1.165, 1.54) is 59.6 Å². The minimum atomic E-state index is -1.43. The molecule has 2 aromatic carbocycles. The number of ketones is 1. The fraction of sp³-hybridized carbons (Fsp3) is 0.300. The molecular weight excluding hydrogens is 449 g/mol. The second-order valence-corrected chi connectivity index (χ2v) is 6.91. The number of methoxy groups -OCH3 is 4. The molecule has 0 bridgehead atoms. The van der Waals surface area contributed by atoms with Crippen molar-refractivity contribution in [2.45, 2.75) is 13.0 Å². The third-order valence-electron chi connectivity index (χ3n) is 4.04. The number of benzene rings is 2. The molecule has 0 aromatic heterocycles. The zero-order valence-corrected chi connectivity index (χ0v) is 19.0. The smallest absolute Gasteiger partial charge is 0.258 e. The Kier molecular flexibility index (Phi) is 8.47. The highest BCUT2D eigenvalue weighted by Gasteiger charge is 2.25. The van der Waals surface area contributed by atoms with Gasteiger partial charge in [-0.1, -0.05) is 23.2 Å². The maximum Gasteiger partial charge on any atom is 0.258 e. The predicted octanol–water partition coefficient (Wildman–Crippen LogP) is 4.71. The summed E-state index contributed by atoms with van der Waals surface area (Å²) in [5, 5.41) is 11.0. The molecule has 11 heteroatoms. The number of hydrogen-bond acceptors (Lipinski definition) is 8. The average molecular weight is 470 g/mol. The SMILES string of the molecule is COc1cc(N=NC(C(C)=O)C(=O)Nc2cc(Cl)cc(OC)c2OC)cc(Cl)c1OC. The van der Waals surface area contributed by atoms with E-state index in [2.05, 4.69) is 15.5 Å². The van der Waals surface area contributed by atoms with E-state index in [0.29, 0.717) is 22.3 Å². The minimum Gasteiger partial charge on any atom is -0.493 e. The van der Waals surface area contributed by atoms with Crippen molar-refractivity contribution in [2.24, 2.45) is 10.2 Å². The van der Waals surface area contributed by atoms with Gasteiger partial charge in [0, 0.05) is 17.2 Å². The number of anilines is 1. The summed E-state index contributed by atoms with van der Waals surface area (Å²) < 4.78 is 20.8. The van der Waals surface area contributed by atoms with E-state index in [-0.39, 0.29) is 22.1 Å². The Hall–Kier alpha value is -3.04. The molecule has 1 atom stereocenters. The Morgan fingerprint density at radius 1 is 0.903 bits per heavy atom. The lowest BCUT2D eigenvalue weighted by Crippen LogP contribution is -2.32. The molecule has 0 aliphatic rings. The van der Waals surface area contributed by atoms with Gasteiger partial charge in [0.05, 0.1) is 44.8 Å². The van der Waals surface area contributed by atoms with Gasteiger partial charge in [-0.25, -0.2) is 0 Å². The highest BCUT2D eigenvalue weighted by Crippen LogP contribution is 2.39. The van der Waals surface area contributed by atoms with Crippen LogP contribution in [-0.4, -0.2) is 46.2 Å². The lowest BCUT2D eigenvalue weighted by Gasteiger charge is -2.15. The van der Waals surface area contributed by atoms with E-state index < -0.39 is 17.7 Å². The summed E-state index contributed by atoms with van der Waals surface area (Å²) in [6.07, 6.45) is 0. The van der Waals surface area contributed by atoms with E-state index in [4.69, 9.17) is 42.1 Å². The number of rotatable bonds is 9. The van der Waals surface area contributed by atoms with Crippen LogP contribution in [0.1, 0.15) is 6.92 Å². The fourth-order valence-corrected chi connectivity index (χ4v) is 3.12. The van der Waals surface area contributed by atoms with Crippen molar-refractivity contribution in [1.82, 2.24) is 0 Å². The number of hydrogen-bond donors (Lipinski definition) is 1. The summed E-state index contributed by atoms with van der Waals surface area (Å²) in [6, 6.07) is 4.53. The number of carbonyl (C=O) groups is 2. The summed E-state index contributed by atoms with van der Waals surface area (Å²) in [5.41, 5.74) is 0.483. The van der Waals surface area contributed by atoms with Gasteiger partial charge in [0.2, 0.25) is 6.04 Å². The molecule has 31 heavy (non-hydrogen) atoms. The standard InChI is InChI=1S/C20H21Cl2N3O6/c1-10(26)17(25-24-12-8-13(22)18(30-4)16(9-12)29-3)20(27)23-14-6-11(21)7-15(28-2)19(14)31-5/h6-9,17H,1-5H3,(H,23,27). The summed E-state index contributed by atoms with van der Waals surface area (Å²) in [4.78, 5) is 24.8. The number of azo groups is 1. The molecule has 2 aromatic rings. The molecule has 0 aliphatic carbocycles. The van der Waals surface area contributed by atoms with Crippen LogP contribution in [-0.2, 0) is 9.59 Å². The number of nitrogens with zero attached hydrogens (tertiary/aromatic N) is 2. The highest BCUT2D eigenvalue weighted by molar-refractivity contribution is 6.32. The molecule has 0 saturated carbocycles. The predicted molar refractivity (Wildman–Crippen MR) is 117 cm³/mol. The Morgan fingerprint density at radius 2 is 1.52 bits per heavy atom. The molecule has 166 valence electrons. The van der Waals surface area contributed by atoms with Crippen LogP contribution in [0.4, 0.5) is 11.4 Å². The molecule has 1 amide bonds. The maximum absolute atomic E-state index is 12.7. The van der Waals surface area contributed by atoms with Crippen molar-refractivity contribution in [1.29, 1.82) is 0 Å². The van der Waals surface area contributed by atoms with Crippen molar-refractivity contribution in [3.8, 4) is 23.0 Å². The minimum absolute atomic E-state index is 0.215. The third-order valence-corrected chi connectivity index (χ3v) is 4.54. The molecular formula is C20H21Cl2N3O6. The second kappa shape index (κ2) is 10.8. The number of nitrogens with one attached hydrogen (secondary N) is 1. The van der Waals surface area contributed by atoms with Gasteiger partial charge in [0.15, 0.2) is 28.8 Å². The third kappa shape index (κ3) is 5.77. The lowest BCUT2D eigenvalue weighted by molar-refractivity contribution is -0.126. The number of ether oxygens (including phenoxy) is 4. The summed E-state index contributed by atoms with van der Waals surface area (Å²) >= 11 is 12.2. The Balaban J connectivity index is 2.34. The van der Waals surface area contributed by atoms with E-state index in [0.717, 1.165) is 0 Å². The topological polar surface area (TPSA) is 108 Å². The summed E-state index contributed by atoms with van der Waals surface area (Å²) in [7, 11) is 5.72. The maximum atomic E-state index is 12.7. The van der Waals surface area contributed by atoms with Gasteiger partial charge in [-0.2, -0.15) is 10.2 Å². The zero-order valence-electron chi connectivity index (χ0n) is 17.5. The first-order valence-electron chi connectivity index (χ1n) is 8.80. The first kappa shape index (κ1) is 24.2. The number of carbonyl (C=O) groups excluding carboxylic acids is 2. The monoisotopic (exact) mass is 469 g/mol. The molecule has 0 radical (unpaired) electrons. The van der Waals surface area contributed by atoms with Crippen molar-refractivity contribution >= 4 is 46.3 Å². The molecule has 1 N–H and O–H groups in total. The second-order valence-electron chi connectivity index (χ2n) is 6.07. The number of amides is 1. The number of halogens is 2. The first-order chi connectivity index (χ1) is 14.7. The van der Waals surface area contributed by atoms with Crippen LogP contribution in [0.3, 0.4) is 0 Å². The molecule has 1 unspecified atom stereocenters. The van der Waals surface area contributed by atoms with Gasteiger partial charge in [-0.05, 0) is 19.1 Å². The van der Waals surface area contributed by atoms with E-state index in [1.54, 1.807) is 0 Å². The van der Waals surface area contributed by atoms with Crippen LogP contribution in [0, 0.1) is 0 Å². The van der Waals surface area contributed by atoms with Crippen LogP contribution < -0.4 is 24.3 Å². The Morgan fingerprint density at radius 3 is 2.06 bits per heavy atom. The molecule has 9 nitrogen and oxygen atoms in total.